The van der Waals surface area contributed by atoms with Crippen LogP contribution < -0.4 is 0 Å². The maximum atomic E-state index is 2.28. The largest absolute Gasteiger partial charge is 0.0622 e. The predicted octanol–water partition coefficient (Wildman–Crippen LogP) is 29.1. The number of aryl methyl sites for hydroxylation is 3. The van der Waals surface area contributed by atoms with Gasteiger partial charge in [0.05, 0.1) is 0 Å². The van der Waals surface area contributed by atoms with Gasteiger partial charge in [-0.25, -0.2) is 0 Å². The average Bonchev–Trinajstić information content (AvgIpc) is 0.746. The third kappa shape index (κ3) is 12.3. The number of fused-ring (bicyclic) bond motifs is 7. The van der Waals surface area contributed by atoms with Gasteiger partial charge < -0.3 is 0 Å². The van der Waals surface area contributed by atoms with E-state index >= 15 is 0 Å². The fraction of sp³-hybridized carbons (Fsp3) is 0.0291. The van der Waals surface area contributed by atoms with Gasteiger partial charge in [0.25, 0.3) is 0 Å². The van der Waals surface area contributed by atoms with Crippen LogP contribution in [0, 0.1) is 20.8 Å². The van der Waals surface area contributed by atoms with Crippen LogP contribution in [0.4, 0.5) is 0 Å². The number of hydrogen-bond acceptors (Lipinski definition) is 0. The molecule has 0 aliphatic heterocycles. The van der Waals surface area contributed by atoms with Gasteiger partial charge in [0.1, 0.15) is 0 Å². The van der Waals surface area contributed by atoms with Crippen LogP contribution in [0.5, 0.6) is 0 Å². The first-order chi connectivity index (χ1) is 50.9. The van der Waals surface area contributed by atoms with Gasteiger partial charge in [-0.2, -0.15) is 0 Å². The zero-order valence-electron chi connectivity index (χ0n) is 58.0. The molecule has 0 unspecified atom stereocenters. The minimum atomic E-state index is 1.24. The van der Waals surface area contributed by atoms with Crippen LogP contribution in [0.1, 0.15) is 16.7 Å². The van der Waals surface area contributed by atoms with E-state index < -0.39 is 0 Å². The summed E-state index contributed by atoms with van der Waals surface area (Å²) in [5.41, 5.74) is 26.7. The summed E-state index contributed by atoms with van der Waals surface area (Å²) in [6.07, 6.45) is 0. The number of benzene rings is 19. The van der Waals surface area contributed by atoms with Crippen molar-refractivity contribution in [2.45, 2.75) is 20.8 Å². The Labute approximate surface area is 603 Å². The van der Waals surface area contributed by atoms with Crippen LogP contribution in [0.25, 0.3) is 176 Å². The third-order valence-electron chi connectivity index (χ3n) is 20.6. The van der Waals surface area contributed by atoms with E-state index in [-0.39, 0.29) is 0 Å². The van der Waals surface area contributed by atoms with Crippen molar-refractivity contribution in [3.63, 3.8) is 0 Å². The summed E-state index contributed by atoms with van der Waals surface area (Å²) >= 11 is 0. The standard InChI is InChI=1S/C37H26.2C33H24/c1-25-14-16-28(17-15-25)36-32-10-4-6-12-34(32)37(35-13-7-5-11-33(35)36)29-21-18-27(19-22-29)31-23-20-26-8-2-3-9-30(26)24-31;1-23-15-17-26(18-16-23)32-28-11-5-7-13-30(28)33(31-14-8-6-12-29(31)32)27-21-19-25(20-22-27)24-9-3-2-4-10-24;1-23-19-21-25(22-20-23)32-28-15-7-9-17-30(28)33(31-18-10-8-16-29(31)32)27-14-6-5-13-26(27)24-11-3-2-4-12-24/h2-24H,1H3;2*2-22H,1H3. The molecule has 0 aliphatic carbocycles. The smallest absolute Gasteiger partial charge is 0.00201 e. The fourth-order valence-electron chi connectivity index (χ4n) is 15.6. The molecule has 0 saturated heterocycles. The van der Waals surface area contributed by atoms with Crippen molar-refractivity contribution >= 4 is 75.4 Å². The van der Waals surface area contributed by atoms with Gasteiger partial charge in [-0.1, -0.05) is 405 Å². The third-order valence-corrected chi connectivity index (χ3v) is 20.6. The lowest BCUT2D eigenvalue weighted by Gasteiger charge is -2.19. The van der Waals surface area contributed by atoms with Gasteiger partial charge >= 0.3 is 0 Å². The second-order valence-corrected chi connectivity index (χ2v) is 27.1. The van der Waals surface area contributed by atoms with Crippen LogP contribution >= 0.6 is 0 Å². The van der Waals surface area contributed by atoms with Gasteiger partial charge in [0.2, 0.25) is 0 Å². The summed E-state index contributed by atoms with van der Waals surface area (Å²) in [5.74, 6) is 0. The molecule has 0 bridgehead atoms. The Kier molecular flexibility index (Phi) is 17.2. The van der Waals surface area contributed by atoms with Gasteiger partial charge in [0.15, 0.2) is 0 Å². The van der Waals surface area contributed by atoms with Crippen molar-refractivity contribution in [3.8, 4) is 100 Å². The van der Waals surface area contributed by atoms with Gasteiger partial charge in [-0.15, -0.1) is 0 Å². The highest BCUT2D eigenvalue weighted by Gasteiger charge is 2.21. The summed E-state index contributed by atoms with van der Waals surface area (Å²) < 4.78 is 0. The van der Waals surface area contributed by atoms with E-state index in [0.29, 0.717) is 0 Å². The van der Waals surface area contributed by atoms with E-state index in [0.717, 1.165) is 0 Å². The summed E-state index contributed by atoms with van der Waals surface area (Å²) in [4.78, 5) is 0. The van der Waals surface area contributed by atoms with Crippen molar-refractivity contribution in [1.29, 1.82) is 0 Å². The van der Waals surface area contributed by atoms with Crippen LogP contribution in [-0.2, 0) is 0 Å². The minimum Gasteiger partial charge on any atom is -0.0622 e. The molecule has 0 nitrogen and oxygen atoms in total. The Hall–Kier alpha value is -13.0. The molecule has 0 N–H and O–H groups in total. The lowest BCUT2D eigenvalue weighted by atomic mass is 9.84. The minimum absolute atomic E-state index is 1.24. The highest BCUT2D eigenvalue weighted by molar-refractivity contribution is 6.24. The van der Waals surface area contributed by atoms with Crippen LogP contribution in [0.3, 0.4) is 0 Å². The molecule has 0 amide bonds. The summed E-state index contributed by atoms with van der Waals surface area (Å²) in [5, 5.41) is 18.0. The molecule has 0 radical (unpaired) electrons. The van der Waals surface area contributed by atoms with E-state index in [2.05, 4.69) is 415 Å². The SMILES string of the molecule is Cc1ccc(-c2c3ccccc3c(-c3ccc(-c4ccc5ccccc5c4)cc3)c3ccccc23)cc1.Cc1ccc(-c2c3ccccc3c(-c3ccc(-c4ccccc4)cc3)c3ccccc23)cc1.Cc1ccc(-c2c3ccccc3c(-c3ccccc3-c3ccccc3)c3ccccc23)cc1. The van der Waals surface area contributed by atoms with Crippen molar-refractivity contribution in [3.05, 3.63) is 411 Å². The fourth-order valence-corrected chi connectivity index (χ4v) is 15.6. The molecule has 19 rings (SSSR count). The second kappa shape index (κ2) is 28.0. The number of rotatable bonds is 9. The summed E-state index contributed by atoms with van der Waals surface area (Å²) in [6, 6.07) is 143. The van der Waals surface area contributed by atoms with E-state index in [1.165, 1.54) is 192 Å². The molecule has 103 heavy (non-hydrogen) atoms. The van der Waals surface area contributed by atoms with Gasteiger partial charge in [-0.3, -0.25) is 0 Å². The highest BCUT2D eigenvalue weighted by Crippen LogP contribution is 2.49. The van der Waals surface area contributed by atoms with Gasteiger partial charge in [-0.05, 0) is 202 Å². The van der Waals surface area contributed by atoms with Crippen LogP contribution in [0.2, 0.25) is 0 Å². The maximum Gasteiger partial charge on any atom is -0.00201 e. The first-order valence-electron chi connectivity index (χ1n) is 35.8. The molecule has 486 valence electrons. The molecular formula is C103H74. The van der Waals surface area contributed by atoms with E-state index in [1.54, 1.807) is 0 Å². The molecule has 0 saturated carbocycles. The zero-order valence-corrected chi connectivity index (χ0v) is 58.0. The van der Waals surface area contributed by atoms with Crippen LogP contribution in [-0.4, -0.2) is 0 Å². The Balaban J connectivity index is 0.000000115. The molecule has 0 atom stereocenters. The molecule has 0 fully saturated rings. The lowest BCUT2D eigenvalue weighted by Crippen LogP contribution is -1.92. The molecule has 0 aromatic heterocycles. The molecule has 0 heteroatoms. The van der Waals surface area contributed by atoms with Crippen molar-refractivity contribution in [1.82, 2.24) is 0 Å². The zero-order chi connectivity index (χ0) is 69.2. The van der Waals surface area contributed by atoms with E-state index in [9.17, 15) is 0 Å². The van der Waals surface area contributed by atoms with Crippen molar-refractivity contribution in [2.24, 2.45) is 0 Å². The van der Waals surface area contributed by atoms with Crippen LogP contribution in [0.15, 0.2) is 394 Å². The second-order valence-electron chi connectivity index (χ2n) is 27.1. The number of hydrogen-bond donors (Lipinski definition) is 0. The molecular weight excluding hydrogens is 1240 g/mol. The Morgan fingerprint density at radius 2 is 0.340 bits per heavy atom. The van der Waals surface area contributed by atoms with E-state index in [4.69, 9.17) is 0 Å². The van der Waals surface area contributed by atoms with Crippen molar-refractivity contribution < 1.29 is 0 Å². The first-order valence-corrected chi connectivity index (χ1v) is 35.8. The van der Waals surface area contributed by atoms with Crippen molar-refractivity contribution in [2.75, 3.05) is 0 Å². The normalized spacial score (nSPS) is 11.3. The molecule has 0 spiro atoms. The average molecular weight is 1310 g/mol. The first kappa shape index (κ1) is 63.4. The highest BCUT2D eigenvalue weighted by atomic mass is 14.2. The predicted molar refractivity (Wildman–Crippen MR) is 445 cm³/mol. The Morgan fingerprint density at radius 3 is 0.670 bits per heavy atom. The molecule has 0 heterocycles. The molecule has 19 aromatic rings. The monoisotopic (exact) mass is 1310 g/mol. The topological polar surface area (TPSA) is 0 Å². The van der Waals surface area contributed by atoms with E-state index in [1.807, 2.05) is 0 Å². The Bertz CT molecular complexity index is 6130. The Morgan fingerprint density at radius 1 is 0.126 bits per heavy atom. The lowest BCUT2D eigenvalue weighted by molar-refractivity contribution is 1.47. The molecule has 0 aliphatic rings. The molecule has 19 aromatic carbocycles. The maximum absolute atomic E-state index is 2.28. The quantitative estimate of drug-likeness (QED) is 0.126. The van der Waals surface area contributed by atoms with Gasteiger partial charge in [0, 0.05) is 0 Å². The summed E-state index contributed by atoms with van der Waals surface area (Å²) in [6.45, 7) is 6.43. The summed E-state index contributed by atoms with van der Waals surface area (Å²) in [7, 11) is 0.